The van der Waals surface area contributed by atoms with E-state index in [4.69, 9.17) is 0 Å². The Morgan fingerprint density at radius 2 is 1.86 bits per heavy atom. The monoisotopic (exact) mass is 528 g/mol. The van der Waals surface area contributed by atoms with Crippen LogP contribution in [0.1, 0.15) is 23.9 Å². The first-order chi connectivity index (χ1) is 13.8. The minimum atomic E-state index is -4.34. The van der Waals surface area contributed by atoms with E-state index in [-0.39, 0.29) is 0 Å². The predicted octanol–water partition coefficient (Wildman–Crippen LogP) is 6.26. The van der Waals surface area contributed by atoms with E-state index in [1.807, 2.05) is 17.5 Å². The summed E-state index contributed by atoms with van der Waals surface area (Å²) >= 11 is 3.70. The molecule has 0 atom stereocenters. The number of halogens is 4. The molecule has 0 spiro atoms. The number of anilines is 1. The Kier molecular flexibility index (Phi) is 5.52. The van der Waals surface area contributed by atoms with E-state index in [0.29, 0.717) is 22.9 Å². The highest BCUT2D eigenvalue weighted by molar-refractivity contribution is 14.1. The van der Waals surface area contributed by atoms with Gasteiger partial charge in [0.15, 0.2) is 5.13 Å². The lowest BCUT2D eigenvalue weighted by Gasteiger charge is -2.07. The van der Waals surface area contributed by atoms with Crippen molar-refractivity contribution in [2.24, 2.45) is 0 Å². The van der Waals surface area contributed by atoms with Crippen molar-refractivity contribution in [2.75, 3.05) is 5.32 Å². The number of imidazole rings is 1. The number of hydrogen-bond acceptors (Lipinski definition) is 4. The summed E-state index contributed by atoms with van der Waals surface area (Å²) in [7, 11) is 0. The van der Waals surface area contributed by atoms with E-state index in [1.165, 1.54) is 23.5 Å². The summed E-state index contributed by atoms with van der Waals surface area (Å²) in [6.07, 6.45) is -1.46. The molecular weight excluding hydrogens is 512 g/mol. The Bertz CT molecular complexity index is 1150. The SMILES string of the molecule is CCc1nc2ccc(I)cn2c1CNc1nc(-c2ccc(C(F)(F)F)cc2)cs1. The van der Waals surface area contributed by atoms with Gasteiger partial charge in [0.25, 0.3) is 0 Å². The van der Waals surface area contributed by atoms with Gasteiger partial charge in [0.05, 0.1) is 29.2 Å². The Hall–Kier alpha value is -2.14. The van der Waals surface area contributed by atoms with Gasteiger partial charge in [-0.15, -0.1) is 11.3 Å². The molecule has 0 fully saturated rings. The Morgan fingerprint density at radius 1 is 1.10 bits per heavy atom. The number of pyridine rings is 1. The van der Waals surface area contributed by atoms with Crippen LogP contribution >= 0.6 is 33.9 Å². The smallest absolute Gasteiger partial charge is 0.356 e. The maximum Gasteiger partial charge on any atom is 0.416 e. The number of thiazole rings is 1. The molecule has 3 heterocycles. The number of nitrogens with one attached hydrogen (secondary N) is 1. The molecule has 0 saturated heterocycles. The lowest BCUT2D eigenvalue weighted by molar-refractivity contribution is -0.137. The van der Waals surface area contributed by atoms with E-state index < -0.39 is 11.7 Å². The number of rotatable bonds is 5. The maximum atomic E-state index is 12.7. The van der Waals surface area contributed by atoms with Gasteiger partial charge < -0.3 is 9.72 Å². The van der Waals surface area contributed by atoms with Gasteiger partial charge in [0.1, 0.15) is 5.65 Å². The molecule has 0 amide bonds. The summed E-state index contributed by atoms with van der Waals surface area (Å²) < 4.78 is 41.4. The van der Waals surface area contributed by atoms with Crippen molar-refractivity contribution in [3.63, 3.8) is 0 Å². The molecule has 0 unspecified atom stereocenters. The van der Waals surface area contributed by atoms with Crippen LogP contribution in [0.2, 0.25) is 0 Å². The first-order valence-corrected chi connectivity index (χ1v) is 10.8. The van der Waals surface area contributed by atoms with Gasteiger partial charge in [-0.25, -0.2) is 9.97 Å². The molecule has 9 heteroatoms. The van der Waals surface area contributed by atoms with Gasteiger partial charge in [-0.3, -0.25) is 0 Å². The van der Waals surface area contributed by atoms with Crippen molar-refractivity contribution in [1.29, 1.82) is 0 Å². The van der Waals surface area contributed by atoms with Crippen molar-refractivity contribution in [3.05, 3.63) is 68.5 Å². The van der Waals surface area contributed by atoms with Crippen molar-refractivity contribution in [2.45, 2.75) is 26.1 Å². The fraction of sp³-hybridized carbons (Fsp3) is 0.200. The molecule has 1 N–H and O–H groups in total. The van der Waals surface area contributed by atoms with Crippen LogP contribution < -0.4 is 5.32 Å². The highest BCUT2D eigenvalue weighted by atomic mass is 127. The number of hydrogen-bond donors (Lipinski definition) is 1. The molecule has 0 saturated carbocycles. The molecular formula is C20H16F3IN4S. The van der Waals surface area contributed by atoms with Crippen molar-refractivity contribution >= 4 is 44.7 Å². The predicted molar refractivity (Wildman–Crippen MR) is 117 cm³/mol. The third-order valence-corrected chi connectivity index (χ3v) is 5.96. The first-order valence-electron chi connectivity index (χ1n) is 8.87. The van der Waals surface area contributed by atoms with E-state index in [2.05, 4.69) is 55.4 Å². The Balaban J connectivity index is 1.53. The summed E-state index contributed by atoms with van der Waals surface area (Å²) in [5, 5.41) is 5.87. The average molecular weight is 528 g/mol. The summed E-state index contributed by atoms with van der Waals surface area (Å²) in [6, 6.07) is 9.07. The normalized spacial score (nSPS) is 11.9. The standard InChI is InChI=1S/C20H16F3IN4S/c1-2-15-17(28-10-14(24)7-8-18(28)26-15)9-25-19-27-16(11-29-19)12-3-5-13(6-4-12)20(21,22)23/h3-8,10-11H,2,9H2,1H3,(H,25,27). The molecule has 29 heavy (non-hydrogen) atoms. The van der Waals surface area contributed by atoms with Crippen LogP contribution in [0.5, 0.6) is 0 Å². The summed E-state index contributed by atoms with van der Waals surface area (Å²) in [6.45, 7) is 2.63. The van der Waals surface area contributed by atoms with Crippen molar-refractivity contribution in [1.82, 2.24) is 14.4 Å². The van der Waals surface area contributed by atoms with Crippen LogP contribution in [0.4, 0.5) is 18.3 Å². The second-order valence-electron chi connectivity index (χ2n) is 6.40. The highest BCUT2D eigenvalue weighted by Crippen LogP contribution is 2.32. The van der Waals surface area contributed by atoms with E-state index in [1.54, 1.807) is 0 Å². The molecule has 0 bridgehead atoms. The van der Waals surface area contributed by atoms with Crippen LogP contribution in [-0.2, 0) is 19.1 Å². The maximum absolute atomic E-state index is 12.7. The van der Waals surface area contributed by atoms with Crippen LogP contribution in [0.3, 0.4) is 0 Å². The van der Waals surface area contributed by atoms with Crippen molar-refractivity contribution < 1.29 is 13.2 Å². The minimum Gasteiger partial charge on any atom is -0.356 e. The molecule has 3 aromatic heterocycles. The topological polar surface area (TPSA) is 42.2 Å². The number of alkyl halides is 3. The quantitative estimate of drug-likeness (QED) is 0.311. The Morgan fingerprint density at radius 3 is 2.55 bits per heavy atom. The number of aryl methyl sites for hydroxylation is 1. The Labute approximate surface area is 183 Å². The number of benzene rings is 1. The first kappa shape index (κ1) is 20.1. The zero-order valence-corrected chi connectivity index (χ0v) is 18.3. The fourth-order valence-electron chi connectivity index (χ4n) is 3.06. The largest absolute Gasteiger partial charge is 0.416 e. The molecule has 4 aromatic rings. The van der Waals surface area contributed by atoms with E-state index in [9.17, 15) is 13.2 Å². The minimum absolute atomic E-state index is 0.560. The molecule has 0 aliphatic rings. The fourth-order valence-corrected chi connectivity index (χ4v) is 4.24. The molecule has 0 aliphatic heterocycles. The molecule has 4 nitrogen and oxygen atoms in total. The highest BCUT2D eigenvalue weighted by Gasteiger charge is 2.30. The average Bonchev–Trinajstić information content (AvgIpc) is 3.30. The van der Waals surface area contributed by atoms with Gasteiger partial charge in [-0.2, -0.15) is 13.2 Å². The van der Waals surface area contributed by atoms with Gasteiger partial charge in [0.2, 0.25) is 0 Å². The summed E-state index contributed by atoms with van der Waals surface area (Å²) in [4.78, 5) is 9.20. The molecule has 4 rings (SSSR count). The van der Waals surface area contributed by atoms with Crippen LogP contribution in [0, 0.1) is 3.57 Å². The summed E-state index contributed by atoms with van der Waals surface area (Å²) in [5.74, 6) is 0. The number of fused-ring (bicyclic) bond motifs is 1. The second kappa shape index (κ2) is 7.94. The molecule has 1 aromatic carbocycles. The molecule has 0 radical (unpaired) electrons. The molecule has 150 valence electrons. The number of aromatic nitrogens is 3. The van der Waals surface area contributed by atoms with Crippen LogP contribution in [0.25, 0.3) is 16.9 Å². The van der Waals surface area contributed by atoms with Gasteiger partial charge in [-0.1, -0.05) is 19.1 Å². The molecule has 0 aliphatic carbocycles. The van der Waals surface area contributed by atoms with Crippen LogP contribution in [0.15, 0.2) is 48.0 Å². The lowest BCUT2D eigenvalue weighted by Crippen LogP contribution is -2.05. The second-order valence-corrected chi connectivity index (χ2v) is 8.50. The van der Waals surface area contributed by atoms with E-state index >= 15 is 0 Å². The van der Waals surface area contributed by atoms with Crippen LogP contribution in [-0.4, -0.2) is 14.4 Å². The third-order valence-electron chi connectivity index (χ3n) is 4.52. The third kappa shape index (κ3) is 4.25. The number of nitrogens with zero attached hydrogens (tertiary/aromatic N) is 3. The summed E-state index contributed by atoms with van der Waals surface area (Å²) in [5.41, 5.74) is 3.65. The zero-order chi connectivity index (χ0) is 20.6. The van der Waals surface area contributed by atoms with E-state index in [0.717, 1.165) is 39.2 Å². The van der Waals surface area contributed by atoms with Crippen molar-refractivity contribution in [3.8, 4) is 11.3 Å². The van der Waals surface area contributed by atoms with Gasteiger partial charge >= 0.3 is 6.18 Å². The van der Waals surface area contributed by atoms with Gasteiger partial charge in [-0.05, 0) is 53.3 Å². The zero-order valence-electron chi connectivity index (χ0n) is 15.3. The van der Waals surface area contributed by atoms with Gasteiger partial charge in [0, 0.05) is 20.7 Å². The lowest BCUT2D eigenvalue weighted by atomic mass is 10.1.